The lowest BCUT2D eigenvalue weighted by molar-refractivity contribution is 0.252. The molecule has 0 unspecified atom stereocenters. The quantitative estimate of drug-likeness (QED) is 0.330. The molecule has 0 amide bonds. The predicted molar refractivity (Wildman–Crippen MR) is 66.9 cm³/mol. The lowest BCUT2D eigenvalue weighted by atomic mass is 10.3. The molecule has 1 rings (SSSR count). The number of halogens is 2. The number of amidine groups is 1. The van der Waals surface area contributed by atoms with Gasteiger partial charge in [0.05, 0.1) is 5.69 Å². The van der Waals surface area contributed by atoms with Gasteiger partial charge in [0.2, 0.25) is 5.71 Å². The van der Waals surface area contributed by atoms with Gasteiger partial charge in [-0.15, -0.1) is 0 Å². The molecule has 0 spiro atoms. The van der Waals surface area contributed by atoms with Gasteiger partial charge in [-0.1, -0.05) is 11.8 Å². The largest absolute Gasteiger partial charge is 0.382 e. The van der Waals surface area contributed by atoms with Gasteiger partial charge in [-0.05, 0) is 24.3 Å². The predicted octanol–water partition coefficient (Wildman–Crippen LogP) is 2.23. The second kappa shape index (κ2) is 6.56. The molecule has 18 heavy (non-hydrogen) atoms. The lowest BCUT2D eigenvalue weighted by Gasteiger charge is -2.03. The van der Waals surface area contributed by atoms with Gasteiger partial charge in [-0.25, -0.2) is 0 Å². The molecule has 0 atom stereocenters. The third-order valence-electron chi connectivity index (χ3n) is 1.74. The van der Waals surface area contributed by atoms with Crippen LogP contribution < -0.4 is 11.2 Å². The molecule has 0 saturated heterocycles. The molecule has 0 aliphatic rings. The number of nitrogens with zero attached hydrogens (tertiary/aromatic N) is 2. The number of hydrazone groups is 1. The highest BCUT2D eigenvalue weighted by molar-refractivity contribution is 7.99. The number of nitrogens with one attached hydrogen (secondary N) is 2. The standard InChI is InChI=1S/C10H9F2N5S/c11-10(12)18-7-3-1-6(2-4-7)16-17-8(5-13)9(14)15/h1-4,10,16H,(H3,14,15)/b17-8+. The second-order valence-electron chi connectivity index (χ2n) is 3.00. The first-order valence-electron chi connectivity index (χ1n) is 4.66. The summed E-state index contributed by atoms with van der Waals surface area (Å²) in [7, 11) is 0. The Labute approximate surface area is 106 Å². The van der Waals surface area contributed by atoms with Crippen LogP contribution in [0.25, 0.3) is 0 Å². The third-order valence-corrected chi connectivity index (χ3v) is 2.46. The van der Waals surface area contributed by atoms with Crippen LogP contribution in [0.2, 0.25) is 0 Å². The van der Waals surface area contributed by atoms with E-state index in [9.17, 15) is 8.78 Å². The molecule has 0 fully saturated rings. The van der Waals surface area contributed by atoms with Gasteiger partial charge in [0.15, 0.2) is 5.84 Å². The third kappa shape index (κ3) is 4.39. The number of hydrogen-bond donors (Lipinski definition) is 3. The zero-order valence-corrected chi connectivity index (χ0v) is 9.84. The van der Waals surface area contributed by atoms with Crippen LogP contribution in [0.5, 0.6) is 0 Å². The Kier molecular flexibility index (Phi) is 5.07. The van der Waals surface area contributed by atoms with Crippen molar-refractivity contribution in [3.05, 3.63) is 24.3 Å². The summed E-state index contributed by atoms with van der Waals surface area (Å²) in [5, 5.41) is 19.2. The van der Waals surface area contributed by atoms with Crippen LogP contribution in [-0.2, 0) is 0 Å². The maximum atomic E-state index is 12.1. The van der Waals surface area contributed by atoms with Gasteiger partial charge in [0.25, 0.3) is 5.76 Å². The average molecular weight is 269 g/mol. The number of rotatable bonds is 5. The van der Waals surface area contributed by atoms with Gasteiger partial charge in [0.1, 0.15) is 6.07 Å². The first-order valence-corrected chi connectivity index (χ1v) is 5.54. The van der Waals surface area contributed by atoms with E-state index in [1.807, 2.05) is 0 Å². The van der Waals surface area contributed by atoms with E-state index in [0.29, 0.717) is 22.3 Å². The molecular formula is C10H9F2N5S. The summed E-state index contributed by atoms with van der Waals surface area (Å²) in [4.78, 5) is 0.423. The molecule has 0 heterocycles. The number of anilines is 1. The van der Waals surface area contributed by atoms with Gasteiger partial charge in [-0.3, -0.25) is 10.8 Å². The lowest BCUT2D eigenvalue weighted by Crippen LogP contribution is -2.21. The van der Waals surface area contributed by atoms with E-state index in [-0.39, 0.29) is 5.71 Å². The molecular weight excluding hydrogens is 260 g/mol. The molecule has 1 aromatic rings. The summed E-state index contributed by atoms with van der Waals surface area (Å²) in [6.07, 6.45) is 0. The van der Waals surface area contributed by atoms with Crippen molar-refractivity contribution in [2.45, 2.75) is 10.7 Å². The van der Waals surface area contributed by atoms with Crippen molar-refractivity contribution in [1.82, 2.24) is 0 Å². The number of thioether (sulfide) groups is 1. The maximum Gasteiger partial charge on any atom is 0.288 e. The summed E-state index contributed by atoms with van der Waals surface area (Å²) in [6.45, 7) is 0. The molecule has 0 aromatic heterocycles. The molecule has 0 saturated carbocycles. The van der Waals surface area contributed by atoms with Crippen LogP contribution in [0.4, 0.5) is 14.5 Å². The Balaban J connectivity index is 2.70. The van der Waals surface area contributed by atoms with Crippen LogP contribution in [0.15, 0.2) is 34.3 Å². The van der Waals surface area contributed by atoms with Crippen LogP contribution in [0, 0.1) is 16.7 Å². The average Bonchev–Trinajstić information content (AvgIpc) is 2.31. The van der Waals surface area contributed by atoms with E-state index in [0.717, 1.165) is 0 Å². The van der Waals surface area contributed by atoms with Crippen molar-refractivity contribution >= 4 is 29.0 Å². The van der Waals surface area contributed by atoms with Crippen LogP contribution >= 0.6 is 11.8 Å². The normalized spacial score (nSPS) is 11.1. The van der Waals surface area contributed by atoms with E-state index in [1.165, 1.54) is 24.3 Å². The highest BCUT2D eigenvalue weighted by Gasteiger charge is 2.05. The fourth-order valence-corrected chi connectivity index (χ4v) is 1.48. The van der Waals surface area contributed by atoms with Crippen molar-refractivity contribution in [2.75, 3.05) is 5.43 Å². The van der Waals surface area contributed by atoms with E-state index < -0.39 is 11.6 Å². The van der Waals surface area contributed by atoms with Crippen LogP contribution in [0.3, 0.4) is 0 Å². The first kappa shape index (κ1) is 13.9. The summed E-state index contributed by atoms with van der Waals surface area (Å²) in [5.74, 6) is -2.92. The number of nitrogens with two attached hydrogens (primary N) is 1. The Bertz CT molecular complexity index is 492. The Morgan fingerprint density at radius 1 is 1.44 bits per heavy atom. The monoisotopic (exact) mass is 269 g/mol. The molecule has 8 heteroatoms. The minimum atomic E-state index is -2.47. The highest BCUT2D eigenvalue weighted by atomic mass is 32.2. The van der Waals surface area contributed by atoms with Crippen molar-refractivity contribution in [3.8, 4) is 6.07 Å². The van der Waals surface area contributed by atoms with Crippen LogP contribution in [-0.4, -0.2) is 17.3 Å². The van der Waals surface area contributed by atoms with E-state index in [2.05, 4.69) is 10.5 Å². The molecule has 1 aromatic carbocycles. The summed E-state index contributed by atoms with van der Waals surface area (Å²) in [6, 6.07) is 7.70. The van der Waals surface area contributed by atoms with Gasteiger partial charge in [0, 0.05) is 4.90 Å². The number of alkyl halides is 2. The highest BCUT2D eigenvalue weighted by Crippen LogP contribution is 2.26. The Morgan fingerprint density at radius 2 is 2.06 bits per heavy atom. The fourth-order valence-electron chi connectivity index (χ4n) is 0.977. The molecule has 4 N–H and O–H groups in total. The molecule has 0 radical (unpaired) electrons. The summed E-state index contributed by atoms with van der Waals surface area (Å²) in [5.41, 5.74) is 7.85. The SMILES string of the molecule is N#C/C(=N\Nc1ccc(SC(F)F)cc1)C(=N)N. The van der Waals surface area contributed by atoms with Crippen LogP contribution in [0.1, 0.15) is 0 Å². The topological polar surface area (TPSA) is 98.0 Å². The van der Waals surface area contributed by atoms with Gasteiger partial charge < -0.3 is 5.73 Å². The molecule has 94 valence electrons. The summed E-state index contributed by atoms with van der Waals surface area (Å²) >= 11 is 0.438. The smallest absolute Gasteiger partial charge is 0.288 e. The Hall–Kier alpha value is -2.14. The van der Waals surface area contributed by atoms with E-state index in [4.69, 9.17) is 16.4 Å². The fraction of sp³-hybridized carbons (Fsp3) is 0.100. The van der Waals surface area contributed by atoms with E-state index >= 15 is 0 Å². The zero-order chi connectivity index (χ0) is 13.5. The molecule has 0 bridgehead atoms. The summed E-state index contributed by atoms with van der Waals surface area (Å²) < 4.78 is 24.1. The van der Waals surface area contributed by atoms with Gasteiger partial charge in [-0.2, -0.15) is 19.1 Å². The number of benzene rings is 1. The Morgan fingerprint density at radius 3 is 2.50 bits per heavy atom. The zero-order valence-electron chi connectivity index (χ0n) is 9.02. The van der Waals surface area contributed by atoms with Gasteiger partial charge >= 0.3 is 0 Å². The van der Waals surface area contributed by atoms with E-state index in [1.54, 1.807) is 6.07 Å². The maximum absolute atomic E-state index is 12.1. The second-order valence-corrected chi connectivity index (χ2v) is 4.06. The van der Waals surface area contributed by atoms with Crippen molar-refractivity contribution in [3.63, 3.8) is 0 Å². The number of hydrogen-bond acceptors (Lipinski definition) is 5. The van der Waals surface area contributed by atoms with Crippen molar-refractivity contribution < 1.29 is 8.78 Å². The van der Waals surface area contributed by atoms with Crippen molar-refractivity contribution in [1.29, 1.82) is 10.7 Å². The minimum Gasteiger partial charge on any atom is -0.382 e. The number of nitriles is 1. The first-order chi connectivity index (χ1) is 8.52. The molecule has 0 aliphatic heterocycles. The minimum absolute atomic E-state index is 0.249. The molecule has 0 aliphatic carbocycles. The van der Waals surface area contributed by atoms with Crippen molar-refractivity contribution in [2.24, 2.45) is 10.8 Å². The molecule has 5 nitrogen and oxygen atoms in total.